The maximum Gasteiger partial charge on any atom is 0.337 e. The lowest BCUT2D eigenvalue weighted by molar-refractivity contribution is -0.140. The Morgan fingerprint density at radius 3 is 2.74 bits per heavy atom. The standard InChI is InChI=1S/C23H20BrN3O3S/c1-12-19(14(3)28)21(18-11-31-22-17(18)5-4-6-26-22)20(13(2)27-12)23(29)30-10-15-7-16(24)9-25-8-15/h4-9,11,21,27H,10H2,1-3H3. The average Bonchev–Trinajstić information content (AvgIpc) is 3.15. The monoisotopic (exact) mass is 497 g/mol. The van der Waals surface area contributed by atoms with Gasteiger partial charge in [-0.1, -0.05) is 6.07 Å². The number of carbonyl (C=O) groups is 2. The molecule has 0 fully saturated rings. The maximum atomic E-state index is 13.3. The van der Waals surface area contributed by atoms with Gasteiger partial charge < -0.3 is 10.1 Å². The predicted octanol–water partition coefficient (Wildman–Crippen LogP) is 5.02. The zero-order valence-electron chi connectivity index (χ0n) is 17.2. The molecular formula is C23H20BrN3O3S. The molecule has 0 bridgehead atoms. The lowest BCUT2D eigenvalue weighted by Crippen LogP contribution is -2.31. The van der Waals surface area contributed by atoms with Gasteiger partial charge in [-0.15, -0.1) is 11.3 Å². The summed E-state index contributed by atoms with van der Waals surface area (Å²) in [4.78, 5) is 35.3. The second-order valence-electron chi connectivity index (χ2n) is 7.33. The van der Waals surface area contributed by atoms with Gasteiger partial charge in [0.05, 0.1) is 5.57 Å². The van der Waals surface area contributed by atoms with Crippen molar-refractivity contribution in [2.45, 2.75) is 33.3 Å². The molecule has 6 nitrogen and oxygen atoms in total. The lowest BCUT2D eigenvalue weighted by Gasteiger charge is -2.30. The SMILES string of the molecule is CC(=O)C1=C(C)NC(C)=C(C(=O)OCc2cncc(Br)c2)C1c1csc2ncccc12. The van der Waals surface area contributed by atoms with Crippen LogP contribution in [-0.4, -0.2) is 21.7 Å². The number of nitrogens with zero attached hydrogens (tertiary/aromatic N) is 2. The summed E-state index contributed by atoms with van der Waals surface area (Å²) in [5.41, 5.74) is 4.06. The van der Waals surface area contributed by atoms with E-state index in [1.807, 2.05) is 37.4 Å². The van der Waals surface area contributed by atoms with Crippen LogP contribution in [0.15, 0.2) is 69.2 Å². The van der Waals surface area contributed by atoms with Gasteiger partial charge in [0.2, 0.25) is 0 Å². The van der Waals surface area contributed by atoms with Crippen LogP contribution in [0.3, 0.4) is 0 Å². The minimum atomic E-state index is -0.523. The summed E-state index contributed by atoms with van der Waals surface area (Å²) in [5, 5.41) is 6.10. The number of dihydropyridines is 1. The molecule has 1 aliphatic rings. The maximum absolute atomic E-state index is 13.3. The first-order chi connectivity index (χ1) is 14.9. The number of rotatable bonds is 5. The van der Waals surface area contributed by atoms with Crippen molar-refractivity contribution in [3.63, 3.8) is 0 Å². The summed E-state index contributed by atoms with van der Waals surface area (Å²) < 4.78 is 6.46. The molecule has 3 aromatic heterocycles. The molecule has 31 heavy (non-hydrogen) atoms. The number of hydrogen-bond donors (Lipinski definition) is 1. The van der Waals surface area contributed by atoms with Crippen LogP contribution < -0.4 is 5.32 Å². The first kappa shape index (κ1) is 21.4. The van der Waals surface area contributed by atoms with E-state index in [1.165, 1.54) is 18.3 Å². The van der Waals surface area contributed by atoms with Crippen LogP contribution in [0, 0.1) is 0 Å². The number of fused-ring (bicyclic) bond motifs is 1. The summed E-state index contributed by atoms with van der Waals surface area (Å²) >= 11 is 4.87. The number of aromatic nitrogens is 2. The van der Waals surface area contributed by atoms with Gasteiger partial charge >= 0.3 is 5.97 Å². The van der Waals surface area contributed by atoms with Crippen LogP contribution in [-0.2, 0) is 20.9 Å². The van der Waals surface area contributed by atoms with E-state index in [4.69, 9.17) is 4.74 Å². The first-order valence-corrected chi connectivity index (χ1v) is 11.3. The average molecular weight is 498 g/mol. The van der Waals surface area contributed by atoms with Crippen molar-refractivity contribution in [3.8, 4) is 0 Å². The Labute approximate surface area is 192 Å². The van der Waals surface area contributed by atoms with Crippen molar-refractivity contribution in [3.05, 3.63) is 80.3 Å². The van der Waals surface area contributed by atoms with E-state index in [2.05, 4.69) is 31.2 Å². The van der Waals surface area contributed by atoms with Gasteiger partial charge in [0.15, 0.2) is 5.78 Å². The van der Waals surface area contributed by atoms with Gasteiger partial charge in [0, 0.05) is 56.9 Å². The Morgan fingerprint density at radius 1 is 1.23 bits per heavy atom. The number of carbonyl (C=O) groups excluding carboxylic acids is 2. The fraction of sp³-hybridized carbons (Fsp3) is 0.217. The molecule has 0 radical (unpaired) electrons. The van der Waals surface area contributed by atoms with Gasteiger partial charge in [0.1, 0.15) is 11.4 Å². The number of nitrogens with one attached hydrogen (secondary N) is 1. The van der Waals surface area contributed by atoms with E-state index in [0.29, 0.717) is 16.8 Å². The molecule has 0 amide bonds. The van der Waals surface area contributed by atoms with Gasteiger partial charge in [-0.05, 0) is 59.8 Å². The molecule has 1 unspecified atom stereocenters. The quantitative estimate of drug-likeness (QED) is 0.498. The van der Waals surface area contributed by atoms with E-state index < -0.39 is 11.9 Å². The van der Waals surface area contributed by atoms with Crippen molar-refractivity contribution in [1.82, 2.24) is 15.3 Å². The van der Waals surface area contributed by atoms with Crippen LogP contribution in [0.25, 0.3) is 10.2 Å². The molecule has 1 aliphatic heterocycles. The van der Waals surface area contributed by atoms with Gasteiger partial charge in [-0.25, -0.2) is 9.78 Å². The highest BCUT2D eigenvalue weighted by atomic mass is 79.9. The molecule has 1 N–H and O–H groups in total. The molecule has 4 rings (SSSR count). The molecule has 3 aromatic rings. The van der Waals surface area contributed by atoms with Crippen LogP contribution in [0.5, 0.6) is 0 Å². The van der Waals surface area contributed by atoms with Crippen molar-refractivity contribution >= 4 is 49.2 Å². The Hall–Kier alpha value is -2.84. The fourth-order valence-electron chi connectivity index (χ4n) is 3.91. The third kappa shape index (κ3) is 4.18. The third-order valence-electron chi connectivity index (χ3n) is 5.18. The number of esters is 1. The van der Waals surface area contributed by atoms with E-state index in [-0.39, 0.29) is 12.4 Å². The van der Waals surface area contributed by atoms with Crippen LogP contribution in [0.1, 0.15) is 37.8 Å². The van der Waals surface area contributed by atoms with Crippen molar-refractivity contribution < 1.29 is 14.3 Å². The van der Waals surface area contributed by atoms with Gasteiger partial charge in [-0.3, -0.25) is 9.78 Å². The largest absolute Gasteiger partial charge is 0.457 e. The highest BCUT2D eigenvalue weighted by Crippen LogP contribution is 2.43. The number of ether oxygens (including phenoxy) is 1. The number of thiophene rings is 1. The number of pyridine rings is 2. The smallest absolute Gasteiger partial charge is 0.337 e. The number of allylic oxidation sites excluding steroid dienone is 3. The second kappa shape index (κ2) is 8.72. The normalized spacial score (nSPS) is 16.5. The molecule has 8 heteroatoms. The molecule has 4 heterocycles. The molecular weight excluding hydrogens is 478 g/mol. The number of halogens is 1. The summed E-state index contributed by atoms with van der Waals surface area (Å²) in [7, 11) is 0. The second-order valence-corrected chi connectivity index (χ2v) is 9.10. The van der Waals surface area contributed by atoms with Crippen molar-refractivity contribution in [2.75, 3.05) is 0 Å². The molecule has 0 aromatic carbocycles. The summed E-state index contributed by atoms with van der Waals surface area (Å²) in [6.07, 6.45) is 5.06. The zero-order chi connectivity index (χ0) is 22.1. The summed E-state index contributed by atoms with van der Waals surface area (Å²) in [6, 6.07) is 5.68. The van der Waals surface area contributed by atoms with Crippen LogP contribution in [0.2, 0.25) is 0 Å². The Kier molecular flexibility index (Phi) is 6.02. The number of Topliss-reactive ketones (excluding diaryl/α,β-unsaturated/α-hetero) is 1. The zero-order valence-corrected chi connectivity index (χ0v) is 19.6. The summed E-state index contributed by atoms with van der Waals surface area (Å²) in [5.74, 6) is -1.08. The van der Waals surface area contributed by atoms with Crippen LogP contribution in [0.4, 0.5) is 0 Å². The molecule has 0 aliphatic carbocycles. The fourth-order valence-corrected chi connectivity index (χ4v) is 5.26. The Bertz CT molecular complexity index is 1260. The molecule has 158 valence electrons. The predicted molar refractivity (Wildman–Crippen MR) is 123 cm³/mol. The topological polar surface area (TPSA) is 81.2 Å². The molecule has 0 saturated carbocycles. The minimum Gasteiger partial charge on any atom is -0.457 e. The Balaban J connectivity index is 1.76. The van der Waals surface area contributed by atoms with E-state index in [9.17, 15) is 9.59 Å². The highest BCUT2D eigenvalue weighted by Gasteiger charge is 2.37. The van der Waals surface area contributed by atoms with Crippen molar-refractivity contribution in [1.29, 1.82) is 0 Å². The lowest BCUT2D eigenvalue weighted by atomic mass is 9.79. The number of hydrogen-bond acceptors (Lipinski definition) is 7. The van der Waals surface area contributed by atoms with Gasteiger partial charge in [0.25, 0.3) is 0 Å². The number of ketones is 1. The summed E-state index contributed by atoms with van der Waals surface area (Å²) in [6.45, 7) is 5.29. The van der Waals surface area contributed by atoms with Crippen molar-refractivity contribution in [2.24, 2.45) is 0 Å². The van der Waals surface area contributed by atoms with E-state index in [1.54, 1.807) is 18.6 Å². The highest BCUT2D eigenvalue weighted by molar-refractivity contribution is 9.10. The molecule has 1 atom stereocenters. The molecule has 0 saturated heterocycles. The molecule has 0 spiro atoms. The first-order valence-electron chi connectivity index (χ1n) is 9.65. The minimum absolute atomic E-state index is 0.0822. The van der Waals surface area contributed by atoms with E-state index >= 15 is 0 Å². The third-order valence-corrected chi connectivity index (χ3v) is 6.54. The Morgan fingerprint density at radius 2 is 2.00 bits per heavy atom. The van der Waals surface area contributed by atoms with E-state index in [0.717, 1.165) is 31.5 Å². The van der Waals surface area contributed by atoms with Gasteiger partial charge in [-0.2, -0.15) is 0 Å². The van der Waals surface area contributed by atoms with Crippen LogP contribution >= 0.6 is 27.3 Å².